The number of halogens is 2. The number of benzene rings is 2. The predicted octanol–water partition coefficient (Wildman–Crippen LogP) is 2.21. The Hall–Kier alpha value is -3.13. The minimum absolute atomic E-state index is 0.0349. The molecular formula is C19H19ClFN3O4. The molecule has 1 atom stereocenters. The van der Waals surface area contributed by atoms with Crippen molar-refractivity contribution in [2.75, 3.05) is 6.54 Å². The van der Waals surface area contributed by atoms with Crippen LogP contribution in [0.3, 0.4) is 0 Å². The van der Waals surface area contributed by atoms with Gasteiger partial charge in [0.1, 0.15) is 11.6 Å². The summed E-state index contributed by atoms with van der Waals surface area (Å²) in [6.45, 7) is 1.57. The highest BCUT2D eigenvalue weighted by Crippen LogP contribution is 2.13. The Morgan fingerprint density at radius 3 is 2.32 bits per heavy atom. The third-order valence-corrected chi connectivity index (χ3v) is 3.82. The smallest absolute Gasteiger partial charge is 0.279 e. The van der Waals surface area contributed by atoms with Gasteiger partial charge >= 0.3 is 0 Å². The Morgan fingerprint density at radius 2 is 1.68 bits per heavy atom. The van der Waals surface area contributed by atoms with Gasteiger partial charge in [0.05, 0.1) is 0 Å². The third-order valence-electron chi connectivity index (χ3n) is 3.56. The monoisotopic (exact) mass is 407 g/mol. The number of nitrogens with one attached hydrogen (secondary N) is 3. The van der Waals surface area contributed by atoms with Crippen LogP contribution in [-0.4, -0.2) is 30.4 Å². The van der Waals surface area contributed by atoms with Gasteiger partial charge in [-0.25, -0.2) is 4.39 Å². The van der Waals surface area contributed by atoms with Crippen LogP contribution in [0.1, 0.15) is 23.7 Å². The number of rotatable bonds is 7. The molecule has 0 saturated carbocycles. The van der Waals surface area contributed by atoms with Crippen molar-refractivity contribution in [1.82, 2.24) is 16.2 Å². The van der Waals surface area contributed by atoms with E-state index in [-0.39, 0.29) is 18.9 Å². The van der Waals surface area contributed by atoms with E-state index >= 15 is 0 Å². The molecule has 3 amide bonds. The molecule has 3 N–H and O–H groups in total. The first kappa shape index (κ1) is 21.2. The molecule has 9 heteroatoms. The molecule has 0 aliphatic heterocycles. The summed E-state index contributed by atoms with van der Waals surface area (Å²) in [7, 11) is 0. The van der Waals surface area contributed by atoms with Gasteiger partial charge in [-0.1, -0.05) is 11.6 Å². The van der Waals surface area contributed by atoms with Crippen molar-refractivity contribution in [3.8, 4) is 5.75 Å². The molecule has 0 unspecified atom stereocenters. The summed E-state index contributed by atoms with van der Waals surface area (Å²) >= 11 is 5.75. The number of carbonyl (C=O) groups is 3. The number of hydrogen-bond donors (Lipinski definition) is 3. The normalized spacial score (nSPS) is 11.2. The second-order valence-electron chi connectivity index (χ2n) is 5.76. The molecule has 0 bridgehead atoms. The van der Waals surface area contributed by atoms with E-state index < -0.39 is 23.7 Å². The van der Waals surface area contributed by atoms with Crippen molar-refractivity contribution in [3.63, 3.8) is 0 Å². The van der Waals surface area contributed by atoms with Crippen molar-refractivity contribution >= 4 is 29.3 Å². The SMILES string of the molecule is C[C@H](Oc1ccc(F)cc1)C(=O)NNC(=O)CCNC(=O)c1ccc(Cl)cc1. The van der Waals surface area contributed by atoms with Crippen molar-refractivity contribution in [2.24, 2.45) is 0 Å². The van der Waals surface area contributed by atoms with E-state index in [4.69, 9.17) is 16.3 Å². The summed E-state index contributed by atoms with van der Waals surface area (Å²) in [6.07, 6.45) is -0.942. The van der Waals surface area contributed by atoms with E-state index in [0.717, 1.165) is 0 Å². The van der Waals surface area contributed by atoms with E-state index in [1.165, 1.54) is 31.2 Å². The Bertz CT molecular complexity index is 828. The number of hydrazine groups is 1. The summed E-state index contributed by atoms with van der Waals surface area (Å²) in [5, 5.41) is 3.10. The zero-order chi connectivity index (χ0) is 20.5. The second kappa shape index (κ2) is 10.3. The van der Waals surface area contributed by atoms with Gasteiger partial charge in [0.2, 0.25) is 5.91 Å². The van der Waals surface area contributed by atoms with Crippen LogP contribution < -0.4 is 20.9 Å². The molecule has 28 heavy (non-hydrogen) atoms. The van der Waals surface area contributed by atoms with Gasteiger partial charge in [-0.15, -0.1) is 0 Å². The van der Waals surface area contributed by atoms with E-state index in [9.17, 15) is 18.8 Å². The molecule has 0 heterocycles. The summed E-state index contributed by atoms with van der Waals surface area (Å²) in [5.41, 5.74) is 4.88. The average molecular weight is 408 g/mol. The molecule has 0 aliphatic carbocycles. The highest BCUT2D eigenvalue weighted by atomic mass is 35.5. The Labute approximate surface area is 166 Å². The number of carbonyl (C=O) groups excluding carboxylic acids is 3. The Balaban J connectivity index is 1.67. The summed E-state index contributed by atoms with van der Waals surface area (Å²) in [6, 6.07) is 11.5. The molecule has 0 aliphatic rings. The van der Waals surface area contributed by atoms with E-state index in [0.29, 0.717) is 16.3 Å². The fourth-order valence-electron chi connectivity index (χ4n) is 2.06. The Kier molecular flexibility index (Phi) is 7.76. The lowest BCUT2D eigenvalue weighted by atomic mass is 10.2. The van der Waals surface area contributed by atoms with Crippen LogP contribution in [0.15, 0.2) is 48.5 Å². The van der Waals surface area contributed by atoms with Gasteiger partial charge in [0.25, 0.3) is 11.8 Å². The molecule has 148 valence electrons. The van der Waals surface area contributed by atoms with Gasteiger partial charge < -0.3 is 10.1 Å². The lowest BCUT2D eigenvalue weighted by molar-refractivity contribution is -0.132. The maximum Gasteiger partial charge on any atom is 0.279 e. The van der Waals surface area contributed by atoms with E-state index in [2.05, 4.69) is 16.2 Å². The van der Waals surface area contributed by atoms with E-state index in [1.54, 1.807) is 24.3 Å². The molecule has 2 aromatic carbocycles. The molecule has 0 spiro atoms. The van der Waals surface area contributed by atoms with Gasteiger partial charge in [0.15, 0.2) is 6.10 Å². The first-order chi connectivity index (χ1) is 13.3. The molecule has 0 saturated heterocycles. The average Bonchev–Trinajstić information content (AvgIpc) is 2.68. The minimum atomic E-state index is -0.907. The molecule has 2 rings (SSSR count). The van der Waals surface area contributed by atoms with Crippen molar-refractivity contribution in [3.05, 3.63) is 64.9 Å². The zero-order valence-electron chi connectivity index (χ0n) is 15.0. The number of hydrogen-bond acceptors (Lipinski definition) is 4. The van der Waals surface area contributed by atoms with Crippen LogP contribution in [0, 0.1) is 5.82 Å². The van der Waals surface area contributed by atoms with Crippen LogP contribution in [-0.2, 0) is 9.59 Å². The molecule has 2 aromatic rings. The van der Waals surface area contributed by atoms with Crippen LogP contribution in [0.25, 0.3) is 0 Å². The van der Waals surface area contributed by atoms with Crippen LogP contribution in [0.5, 0.6) is 5.75 Å². The molecule has 0 radical (unpaired) electrons. The summed E-state index contributed by atoms with van der Waals surface area (Å²) in [5.74, 6) is -1.50. The molecule has 0 aromatic heterocycles. The maximum absolute atomic E-state index is 12.8. The summed E-state index contributed by atoms with van der Waals surface area (Å²) < 4.78 is 18.2. The van der Waals surface area contributed by atoms with Crippen LogP contribution >= 0.6 is 11.6 Å². The van der Waals surface area contributed by atoms with Crippen molar-refractivity contribution in [2.45, 2.75) is 19.4 Å². The molecule has 7 nitrogen and oxygen atoms in total. The lowest BCUT2D eigenvalue weighted by Crippen LogP contribution is -2.47. The standard InChI is InChI=1S/C19H19ClFN3O4/c1-12(28-16-8-6-15(21)7-9-16)18(26)24-23-17(25)10-11-22-19(27)13-2-4-14(20)5-3-13/h2-9,12H,10-11H2,1H3,(H,22,27)(H,23,25)(H,24,26)/t12-/m0/s1. The fraction of sp³-hybridized carbons (Fsp3) is 0.211. The highest BCUT2D eigenvalue weighted by molar-refractivity contribution is 6.30. The second-order valence-corrected chi connectivity index (χ2v) is 6.20. The highest BCUT2D eigenvalue weighted by Gasteiger charge is 2.15. The zero-order valence-corrected chi connectivity index (χ0v) is 15.8. The number of amides is 3. The molecular weight excluding hydrogens is 389 g/mol. The van der Waals surface area contributed by atoms with Crippen molar-refractivity contribution < 1.29 is 23.5 Å². The fourth-order valence-corrected chi connectivity index (χ4v) is 2.19. The van der Waals surface area contributed by atoms with Gasteiger partial charge in [-0.3, -0.25) is 25.2 Å². The largest absolute Gasteiger partial charge is 0.481 e. The first-order valence-electron chi connectivity index (χ1n) is 8.40. The molecule has 0 fully saturated rings. The predicted molar refractivity (Wildman–Crippen MR) is 101 cm³/mol. The Morgan fingerprint density at radius 1 is 1.04 bits per heavy atom. The topological polar surface area (TPSA) is 96.5 Å². The third kappa shape index (κ3) is 6.88. The number of ether oxygens (including phenoxy) is 1. The van der Waals surface area contributed by atoms with Crippen LogP contribution in [0.4, 0.5) is 4.39 Å². The van der Waals surface area contributed by atoms with Gasteiger partial charge in [0, 0.05) is 23.6 Å². The van der Waals surface area contributed by atoms with Crippen molar-refractivity contribution in [1.29, 1.82) is 0 Å². The minimum Gasteiger partial charge on any atom is -0.481 e. The van der Waals surface area contributed by atoms with Gasteiger partial charge in [-0.05, 0) is 55.5 Å². The maximum atomic E-state index is 12.8. The lowest BCUT2D eigenvalue weighted by Gasteiger charge is -2.15. The van der Waals surface area contributed by atoms with Gasteiger partial charge in [-0.2, -0.15) is 0 Å². The first-order valence-corrected chi connectivity index (χ1v) is 8.77. The van der Waals surface area contributed by atoms with Crippen LogP contribution in [0.2, 0.25) is 5.02 Å². The van der Waals surface area contributed by atoms with E-state index in [1.807, 2.05) is 0 Å². The summed E-state index contributed by atoms with van der Waals surface area (Å²) in [4.78, 5) is 35.6. The quantitative estimate of drug-likeness (QED) is 0.613.